The van der Waals surface area contributed by atoms with Crippen molar-refractivity contribution in [3.05, 3.63) is 35.4 Å². The Morgan fingerprint density at radius 3 is 2.44 bits per heavy atom. The molecule has 1 heteroatoms. The maximum Gasteiger partial charge on any atom is 0.0700 e. The molecule has 1 aliphatic heterocycles. The molecule has 2 rings (SSSR count). The van der Waals surface area contributed by atoms with Gasteiger partial charge in [-0.05, 0) is 18.6 Å². The average Bonchev–Trinajstić information content (AvgIpc) is 2.60. The minimum absolute atomic E-state index is 0.939. The third-order valence-corrected chi connectivity index (χ3v) is 2.06. The molecule has 0 fully saturated rings. The highest BCUT2D eigenvalue weighted by Gasteiger charge is 2.01. The molecule has 0 aromatic heterocycles. The van der Waals surface area contributed by atoms with Crippen molar-refractivity contribution in [3.63, 3.8) is 0 Å². The summed E-state index contributed by atoms with van der Waals surface area (Å²) in [5.74, 6) is 0. The predicted molar refractivity (Wildman–Crippen MR) is 75.7 cm³/mol. The molecule has 0 spiro atoms. The van der Waals surface area contributed by atoms with Gasteiger partial charge in [-0.2, -0.15) is 0 Å². The van der Waals surface area contributed by atoms with Gasteiger partial charge >= 0.3 is 0 Å². The average molecular weight is 217 g/mol. The molecule has 0 bridgehead atoms. The van der Waals surface area contributed by atoms with Crippen molar-refractivity contribution >= 4 is 18.0 Å². The first-order valence-electron chi connectivity index (χ1n) is 6.16. The molecule has 0 aliphatic carbocycles. The third kappa shape index (κ3) is 4.01. The van der Waals surface area contributed by atoms with Crippen LogP contribution >= 0.6 is 0 Å². The second-order valence-electron chi connectivity index (χ2n) is 2.96. The summed E-state index contributed by atoms with van der Waals surface area (Å²) in [7, 11) is 0. The van der Waals surface area contributed by atoms with Crippen LogP contribution in [0.1, 0.15) is 45.2 Å². The minimum atomic E-state index is 0.939. The molecule has 1 aliphatic rings. The summed E-state index contributed by atoms with van der Waals surface area (Å²) in [4.78, 5) is 4.36. The van der Waals surface area contributed by atoms with Gasteiger partial charge in [-0.3, -0.25) is 4.99 Å². The van der Waals surface area contributed by atoms with E-state index in [0.29, 0.717) is 0 Å². The van der Waals surface area contributed by atoms with E-state index in [1.165, 1.54) is 11.1 Å². The zero-order valence-corrected chi connectivity index (χ0v) is 11.1. The van der Waals surface area contributed by atoms with Crippen molar-refractivity contribution in [2.24, 2.45) is 4.99 Å². The van der Waals surface area contributed by atoms with Crippen LogP contribution in [0.25, 0.3) is 6.08 Å². The molecule has 0 atom stereocenters. The topological polar surface area (TPSA) is 12.4 Å². The maximum absolute atomic E-state index is 4.36. The number of fused-ring (bicyclic) bond motifs is 1. The van der Waals surface area contributed by atoms with Crippen molar-refractivity contribution in [2.45, 2.75) is 41.0 Å². The molecule has 0 N–H and O–H groups in total. The fraction of sp³-hybridized carbons (Fsp3) is 0.400. The summed E-state index contributed by atoms with van der Waals surface area (Å²) in [6, 6.07) is 6.21. The Bertz CT molecular complexity index is 348. The monoisotopic (exact) mass is 217 g/mol. The van der Waals surface area contributed by atoms with Crippen molar-refractivity contribution in [3.8, 4) is 0 Å². The summed E-state index contributed by atoms with van der Waals surface area (Å²) >= 11 is 0. The summed E-state index contributed by atoms with van der Waals surface area (Å²) in [5, 5.41) is 0. The molecular formula is C15H23N. The van der Waals surface area contributed by atoms with Crippen LogP contribution in [0.3, 0.4) is 0 Å². The first kappa shape index (κ1) is 14.6. The molecule has 1 aromatic rings. The van der Waals surface area contributed by atoms with E-state index >= 15 is 0 Å². The number of nitrogens with zero attached hydrogens (tertiary/aromatic N) is 1. The van der Waals surface area contributed by atoms with Crippen LogP contribution in [0.2, 0.25) is 0 Å². The zero-order chi connectivity index (χ0) is 12.4. The first-order valence-corrected chi connectivity index (χ1v) is 6.16. The Balaban J connectivity index is 0.000000509. The molecular weight excluding hydrogens is 194 g/mol. The Labute approximate surface area is 99.9 Å². The van der Waals surface area contributed by atoms with Gasteiger partial charge in [0.15, 0.2) is 0 Å². The van der Waals surface area contributed by atoms with Gasteiger partial charge in [0.05, 0.1) is 5.69 Å². The van der Waals surface area contributed by atoms with Gasteiger partial charge in [0, 0.05) is 18.2 Å². The normalized spacial score (nSPS) is 11.3. The van der Waals surface area contributed by atoms with Crippen molar-refractivity contribution in [1.82, 2.24) is 0 Å². The van der Waals surface area contributed by atoms with Gasteiger partial charge in [-0.15, -0.1) is 0 Å². The Morgan fingerprint density at radius 2 is 1.75 bits per heavy atom. The Morgan fingerprint density at radius 1 is 1.06 bits per heavy atom. The number of aliphatic imine (C=N–C) groups is 1. The highest BCUT2D eigenvalue weighted by molar-refractivity contribution is 5.76. The predicted octanol–water partition coefficient (Wildman–Crippen LogP) is 5.17. The van der Waals surface area contributed by atoms with Gasteiger partial charge in [0.25, 0.3) is 0 Å². The highest BCUT2D eigenvalue weighted by atomic mass is 14.7. The number of benzene rings is 1. The van der Waals surface area contributed by atoms with Gasteiger partial charge in [0.1, 0.15) is 0 Å². The smallest absolute Gasteiger partial charge is 0.0700 e. The molecule has 0 amide bonds. The Kier molecular flexibility index (Phi) is 8.14. The zero-order valence-electron chi connectivity index (χ0n) is 11.1. The second-order valence-corrected chi connectivity index (χ2v) is 2.96. The summed E-state index contributed by atoms with van der Waals surface area (Å²) in [6.07, 6.45) is 7.18. The van der Waals surface area contributed by atoms with E-state index in [4.69, 9.17) is 0 Å². The van der Waals surface area contributed by atoms with Crippen LogP contribution in [0, 0.1) is 6.92 Å². The molecule has 16 heavy (non-hydrogen) atoms. The van der Waals surface area contributed by atoms with Crippen molar-refractivity contribution < 1.29 is 0 Å². The SMILES string of the molecule is CC.CC.Cc1cccc2c1C=CCC=N2. The van der Waals surface area contributed by atoms with E-state index < -0.39 is 0 Å². The third-order valence-electron chi connectivity index (χ3n) is 2.06. The lowest BCUT2D eigenvalue weighted by atomic mass is 10.1. The van der Waals surface area contributed by atoms with E-state index in [0.717, 1.165) is 12.1 Å². The minimum Gasteiger partial charge on any atom is -0.260 e. The van der Waals surface area contributed by atoms with E-state index in [2.05, 4.69) is 36.2 Å². The van der Waals surface area contributed by atoms with Crippen LogP contribution in [0.5, 0.6) is 0 Å². The van der Waals surface area contributed by atoms with Crippen LogP contribution in [0.4, 0.5) is 5.69 Å². The van der Waals surface area contributed by atoms with Crippen LogP contribution in [-0.2, 0) is 0 Å². The maximum atomic E-state index is 4.36. The Hall–Kier alpha value is -1.37. The second kappa shape index (κ2) is 8.90. The summed E-state index contributed by atoms with van der Waals surface area (Å²) in [5.41, 5.74) is 3.64. The lowest BCUT2D eigenvalue weighted by Crippen LogP contribution is -1.79. The molecule has 1 heterocycles. The van der Waals surface area contributed by atoms with Crippen LogP contribution < -0.4 is 0 Å². The van der Waals surface area contributed by atoms with Crippen molar-refractivity contribution in [2.75, 3.05) is 0 Å². The molecule has 0 radical (unpaired) electrons. The van der Waals surface area contributed by atoms with Crippen LogP contribution in [0.15, 0.2) is 29.3 Å². The summed E-state index contributed by atoms with van der Waals surface area (Å²) in [6.45, 7) is 10.1. The van der Waals surface area contributed by atoms with Gasteiger partial charge in [-0.25, -0.2) is 0 Å². The lowest BCUT2D eigenvalue weighted by Gasteiger charge is -2.02. The fourth-order valence-electron chi connectivity index (χ4n) is 1.39. The first-order chi connectivity index (χ1) is 7.88. The number of allylic oxidation sites excluding steroid dienone is 1. The molecule has 1 aromatic carbocycles. The fourth-order valence-corrected chi connectivity index (χ4v) is 1.39. The van der Waals surface area contributed by atoms with Gasteiger partial charge in [-0.1, -0.05) is 52.0 Å². The van der Waals surface area contributed by atoms with E-state index in [9.17, 15) is 0 Å². The molecule has 0 saturated carbocycles. The highest BCUT2D eigenvalue weighted by Crippen LogP contribution is 2.25. The quantitative estimate of drug-likeness (QED) is 0.568. The van der Waals surface area contributed by atoms with Crippen LogP contribution in [-0.4, -0.2) is 6.21 Å². The van der Waals surface area contributed by atoms with E-state index in [1.54, 1.807) is 0 Å². The number of rotatable bonds is 0. The number of aryl methyl sites for hydroxylation is 1. The molecule has 1 nitrogen and oxygen atoms in total. The number of hydrogen-bond donors (Lipinski definition) is 0. The summed E-state index contributed by atoms with van der Waals surface area (Å²) < 4.78 is 0. The standard InChI is InChI=1S/C11H11N.2C2H6/c1-9-5-4-7-11-10(9)6-2-3-8-12-11;2*1-2/h2,4-8H,3H2,1H3;2*1-2H3. The largest absolute Gasteiger partial charge is 0.260 e. The molecule has 0 unspecified atom stereocenters. The lowest BCUT2D eigenvalue weighted by molar-refractivity contribution is 1.41. The molecule has 0 saturated heterocycles. The van der Waals surface area contributed by atoms with Gasteiger partial charge < -0.3 is 0 Å². The van der Waals surface area contributed by atoms with E-state index in [1.807, 2.05) is 40.0 Å². The van der Waals surface area contributed by atoms with E-state index in [-0.39, 0.29) is 0 Å². The number of hydrogen-bond acceptors (Lipinski definition) is 1. The van der Waals surface area contributed by atoms with Crippen molar-refractivity contribution in [1.29, 1.82) is 0 Å². The molecule has 88 valence electrons. The van der Waals surface area contributed by atoms with Gasteiger partial charge in [0.2, 0.25) is 0 Å².